The van der Waals surface area contributed by atoms with E-state index in [1.54, 1.807) is 45.2 Å². The Labute approximate surface area is 232 Å². The normalized spacial score (nSPS) is 17.7. The summed E-state index contributed by atoms with van der Waals surface area (Å²) in [5.41, 5.74) is 5.86. The van der Waals surface area contributed by atoms with Crippen molar-refractivity contribution in [2.45, 2.75) is 116 Å². The van der Waals surface area contributed by atoms with Crippen LogP contribution in [0.25, 0.3) is 0 Å². The fourth-order valence-corrected chi connectivity index (χ4v) is 4.96. The number of hydrogen-bond acceptors (Lipinski definition) is 8. The van der Waals surface area contributed by atoms with Gasteiger partial charge in [0.05, 0.1) is 31.2 Å². The number of nitrogens with two attached hydrogens (primary N) is 1. The number of ether oxygens (including phenoxy) is 1. The number of aromatic nitrogens is 1. The number of aliphatic hydroxyl groups excluding tert-OH is 2. The molecule has 3 amide bonds. The summed E-state index contributed by atoms with van der Waals surface area (Å²) in [4.78, 5) is 44.2. The van der Waals surface area contributed by atoms with E-state index in [0.717, 1.165) is 37.0 Å². The van der Waals surface area contributed by atoms with Crippen molar-refractivity contribution in [3.8, 4) is 0 Å². The molecule has 1 fully saturated rings. The maximum absolute atomic E-state index is 13.3. The van der Waals surface area contributed by atoms with Crippen molar-refractivity contribution in [3.63, 3.8) is 0 Å². The molecule has 1 heterocycles. The molecule has 0 radical (unpaired) electrons. The number of carbonyl (C=O) groups is 3. The second-order valence-corrected chi connectivity index (χ2v) is 12.1. The van der Waals surface area contributed by atoms with Crippen molar-refractivity contribution in [2.75, 3.05) is 6.54 Å². The van der Waals surface area contributed by atoms with Gasteiger partial charge >= 0.3 is 6.09 Å². The number of nitrogens with one attached hydrogen (secondary N) is 1. The Morgan fingerprint density at radius 2 is 1.82 bits per heavy atom. The smallest absolute Gasteiger partial charge is 0.407 e. The fraction of sp³-hybridized carbons (Fsp3) is 0.724. The van der Waals surface area contributed by atoms with E-state index in [-0.39, 0.29) is 18.3 Å². The molecule has 1 saturated carbocycles. The van der Waals surface area contributed by atoms with Crippen molar-refractivity contribution in [3.05, 3.63) is 30.1 Å². The van der Waals surface area contributed by atoms with Gasteiger partial charge in [-0.25, -0.2) is 4.79 Å². The van der Waals surface area contributed by atoms with Crippen molar-refractivity contribution in [1.29, 1.82) is 0 Å². The lowest BCUT2D eigenvalue weighted by Gasteiger charge is -2.34. The third-order valence-corrected chi connectivity index (χ3v) is 6.86. The van der Waals surface area contributed by atoms with Gasteiger partial charge in [-0.1, -0.05) is 52.0 Å². The summed E-state index contributed by atoms with van der Waals surface area (Å²) < 4.78 is 5.39. The second-order valence-electron chi connectivity index (χ2n) is 12.1. The SMILES string of the molecule is CC(C)C[C@H](N)C(=O)N(C[C@H](O)[C@H](O)[C@H](CC1CCCCC1)NC(=O)OC(C)(C)C)C(=O)Cc1ccccn1. The molecule has 10 heteroatoms. The van der Waals surface area contributed by atoms with Crippen LogP contribution in [0.1, 0.15) is 85.3 Å². The number of imide groups is 1. The van der Waals surface area contributed by atoms with Crippen LogP contribution in [0, 0.1) is 11.8 Å². The number of hydrogen-bond donors (Lipinski definition) is 4. The van der Waals surface area contributed by atoms with Gasteiger partial charge in [-0.3, -0.25) is 19.5 Å². The minimum absolute atomic E-state index is 0.116. The van der Waals surface area contributed by atoms with Crippen LogP contribution >= 0.6 is 0 Å². The van der Waals surface area contributed by atoms with Gasteiger partial charge in [0, 0.05) is 11.9 Å². The van der Waals surface area contributed by atoms with E-state index in [4.69, 9.17) is 10.5 Å². The molecule has 10 nitrogen and oxygen atoms in total. The average molecular weight is 549 g/mol. The maximum atomic E-state index is 13.3. The van der Waals surface area contributed by atoms with Crippen molar-refractivity contribution < 1.29 is 29.3 Å². The predicted molar refractivity (Wildman–Crippen MR) is 148 cm³/mol. The molecule has 1 aliphatic rings. The summed E-state index contributed by atoms with van der Waals surface area (Å²) >= 11 is 0. The zero-order valence-electron chi connectivity index (χ0n) is 24.1. The lowest BCUT2D eigenvalue weighted by atomic mass is 9.83. The summed E-state index contributed by atoms with van der Waals surface area (Å²) in [5, 5.41) is 25.1. The van der Waals surface area contributed by atoms with Crippen LogP contribution < -0.4 is 11.1 Å². The number of aliphatic hydroxyl groups is 2. The molecule has 1 aromatic heterocycles. The molecule has 1 aliphatic carbocycles. The maximum Gasteiger partial charge on any atom is 0.407 e. The Morgan fingerprint density at radius 3 is 2.38 bits per heavy atom. The largest absolute Gasteiger partial charge is 0.444 e. The Bertz CT molecular complexity index is 914. The second kappa shape index (κ2) is 15.3. The number of alkyl carbamates (subject to hydrolysis) is 1. The molecular formula is C29H48N4O6. The van der Waals surface area contributed by atoms with E-state index in [0.29, 0.717) is 18.5 Å². The first-order valence-corrected chi connectivity index (χ1v) is 14.1. The minimum atomic E-state index is -1.52. The van der Waals surface area contributed by atoms with Crippen LogP contribution in [0.4, 0.5) is 4.79 Å². The monoisotopic (exact) mass is 548 g/mol. The molecule has 0 saturated heterocycles. The van der Waals surface area contributed by atoms with Crippen LogP contribution in [0.3, 0.4) is 0 Å². The quantitative estimate of drug-likeness (QED) is 0.311. The van der Waals surface area contributed by atoms with Crippen molar-refractivity contribution in [2.24, 2.45) is 17.6 Å². The Hall–Kier alpha value is -2.56. The van der Waals surface area contributed by atoms with E-state index in [1.807, 2.05) is 13.8 Å². The van der Waals surface area contributed by atoms with Crippen LogP contribution in [0.2, 0.25) is 0 Å². The summed E-state index contributed by atoms with van der Waals surface area (Å²) in [5.74, 6) is -0.818. The molecule has 39 heavy (non-hydrogen) atoms. The van der Waals surface area contributed by atoms with E-state index >= 15 is 0 Å². The van der Waals surface area contributed by atoms with Crippen LogP contribution in [-0.4, -0.2) is 74.4 Å². The van der Waals surface area contributed by atoms with Gasteiger partial charge < -0.3 is 26.0 Å². The minimum Gasteiger partial charge on any atom is -0.444 e. The molecule has 0 aromatic carbocycles. The molecule has 4 atom stereocenters. The first kappa shape index (κ1) is 32.7. The number of pyridine rings is 1. The fourth-order valence-electron chi connectivity index (χ4n) is 4.96. The highest BCUT2D eigenvalue weighted by molar-refractivity contribution is 5.98. The van der Waals surface area contributed by atoms with Gasteiger partial charge in [0.1, 0.15) is 11.7 Å². The average Bonchev–Trinajstić information content (AvgIpc) is 2.85. The lowest BCUT2D eigenvalue weighted by Crippen LogP contribution is -2.56. The van der Waals surface area contributed by atoms with Crippen LogP contribution in [-0.2, 0) is 20.7 Å². The third-order valence-electron chi connectivity index (χ3n) is 6.86. The summed E-state index contributed by atoms with van der Waals surface area (Å²) in [7, 11) is 0. The Kier molecular flexibility index (Phi) is 12.8. The molecular weight excluding hydrogens is 500 g/mol. The predicted octanol–water partition coefficient (Wildman–Crippen LogP) is 2.94. The van der Waals surface area contributed by atoms with E-state index in [1.165, 1.54) is 0 Å². The number of nitrogens with zero attached hydrogens (tertiary/aromatic N) is 2. The molecule has 0 unspecified atom stereocenters. The highest BCUT2D eigenvalue weighted by atomic mass is 16.6. The van der Waals surface area contributed by atoms with Crippen molar-refractivity contribution >= 4 is 17.9 Å². The Balaban J connectivity index is 2.23. The molecule has 2 rings (SSSR count). The van der Waals surface area contributed by atoms with Gasteiger partial charge in [-0.05, 0) is 57.6 Å². The molecule has 5 N–H and O–H groups in total. The van der Waals surface area contributed by atoms with E-state index in [2.05, 4.69) is 10.3 Å². The summed E-state index contributed by atoms with van der Waals surface area (Å²) in [6.45, 7) is 8.60. The third kappa shape index (κ3) is 11.6. The van der Waals surface area contributed by atoms with Crippen LogP contribution in [0.15, 0.2) is 24.4 Å². The number of rotatable bonds is 12. The first-order chi connectivity index (χ1) is 18.3. The van der Waals surface area contributed by atoms with Crippen molar-refractivity contribution in [1.82, 2.24) is 15.2 Å². The zero-order valence-corrected chi connectivity index (χ0v) is 24.1. The van der Waals surface area contributed by atoms with Gasteiger partial charge in [0.15, 0.2) is 0 Å². The molecule has 0 bridgehead atoms. The highest BCUT2D eigenvalue weighted by Crippen LogP contribution is 2.28. The van der Waals surface area contributed by atoms with E-state index in [9.17, 15) is 24.6 Å². The summed E-state index contributed by atoms with van der Waals surface area (Å²) in [6, 6.07) is 3.36. The number of amides is 3. The zero-order chi connectivity index (χ0) is 29.2. The van der Waals surface area contributed by atoms with Gasteiger partial charge in [0.25, 0.3) is 0 Å². The van der Waals surface area contributed by atoms with Gasteiger partial charge in [-0.2, -0.15) is 0 Å². The number of carbonyl (C=O) groups excluding carboxylic acids is 3. The standard InChI is InChI=1S/C29H48N4O6/c1-19(2)15-22(30)27(37)33(25(35)17-21-13-9-10-14-31-21)18-24(34)26(36)23(16-20-11-7-6-8-12-20)32-28(38)39-29(3,4)5/h9-10,13-14,19-20,22-24,26,34,36H,6-8,11-12,15-18,30H2,1-5H3,(H,32,38)/t22-,23-,24-,26+/m0/s1. The Morgan fingerprint density at radius 1 is 1.15 bits per heavy atom. The molecule has 0 spiro atoms. The topological polar surface area (TPSA) is 155 Å². The summed E-state index contributed by atoms with van der Waals surface area (Å²) in [6.07, 6.45) is 3.75. The highest BCUT2D eigenvalue weighted by Gasteiger charge is 2.36. The van der Waals surface area contributed by atoms with Gasteiger partial charge in [-0.15, -0.1) is 0 Å². The molecule has 1 aromatic rings. The van der Waals surface area contributed by atoms with Gasteiger partial charge in [0.2, 0.25) is 11.8 Å². The lowest BCUT2D eigenvalue weighted by molar-refractivity contribution is -0.149. The first-order valence-electron chi connectivity index (χ1n) is 14.1. The molecule has 220 valence electrons. The molecule has 0 aliphatic heterocycles. The van der Waals surface area contributed by atoms with Crippen LogP contribution in [0.5, 0.6) is 0 Å². The van der Waals surface area contributed by atoms with E-state index < -0.39 is 54.3 Å².